The van der Waals surface area contributed by atoms with E-state index in [1.807, 2.05) is 20.8 Å². The fraction of sp³-hybridized carbons (Fsp3) is 0.473. The fourth-order valence-electron chi connectivity index (χ4n) is 8.52. The minimum absolute atomic E-state index is 0.0326. The van der Waals surface area contributed by atoms with Gasteiger partial charge in [-0.05, 0) is 40.0 Å². The summed E-state index contributed by atoms with van der Waals surface area (Å²) in [4.78, 5) is 185. The zero-order valence-electron chi connectivity index (χ0n) is 74.4. The molecule has 0 radical (unpaired) electrons. The summed E-state index contributed by atoms with van der Waals surface area (Å²) >= 11 is 0. The highest BCUT2D eigenvalue weighted by Crippen LogP contribution is 2.31. The normalized spacial score (nSPS) is 10.6. The Balaban J connectivity index is -0.000000814. The van der Waals surface area contributed by atoms with Crippen molar-refractivity contribution in [1.82, 2.24) is 0 Å². The van der Waals surface area contributed by atoms with E-state index in [1.54, 1.807) is 0 Å². The van der Waals surface area contributed by atoms with Gasteiger partial charge in [0.1, 0.15) is 92.0 Å². The van der Waals surface area contributed by atoms with Gasteiger partial charge in [-0.15, -0.1) is 0 Å². The van der Waals surface area contributed by atoms with Crippen LogP contribution in [0.3, 0.4) is 0 Å². The van der Waals surface area contributed by atoms with Gasteiger partial charge in [-0.1, -0.05) is 126 Å². The van der Waals surface area contributed by atoms with Crippen LogP contribution < -0.4 is 0 Å². The van der Waals surface area contributed by atoms with Crippen molar-refractivity contribution in [2.45, 2.75) is 86.2 Å². The monoisotopic (exact) mass is 1810 g/mol. The lowest BCUT2D eigenvalue weighted by Gasteiger charge is -2.35. The van der Waals surface area contributed by atoms with E-state index in [2.05, 4.69) is 105 Å². The number of ether oxygens (including phenoxy) is 21. The van der Waals surface area contributed by atoms with E-state index in [0.29, 0.717) is 58.3 Å². The lowest BCUT2D eigenvalue weighted by molar-refractivity contribution is -0.171. The van der Waals surface area contributed by atoms with Gasteiger partial charge in [0.2, 0.25) is 0 Å². The second-order valence-corrected chi connectivity index (χ2v) is 27.6. The molecular formula is C91H126O37. The first kappa shape index (κ1) is 121. The van der Waals surface area contributed by atoms with Crippen molar-refractivity contribution >= 4 is 95.5 Å². The van der Waals surface area contributed by atoms with Gasteiger partial charge in [-0.3, -0.25) is 0 Å². The van der Waals surface area contributed by atoms with Gasteiger partial charge in [0.25, 0.3) is 0 Å². The highest BCUT2D eigenvalue weighted by Gasteiger charge is 2.42. The van der Waals surface area contributed by atoms with Gasteiger partial charge in [0.05, 0.1) is 93.1 Å². The number of hydrogen-bond donors (Lipinski definition) is 0. The van der Waals surface area contributed by atoms with Crippen molar-refractivity contribution in [1.29, 1.82) is 0 Å². The first-order valence-corrected chi connectivity index (χ1v) is 39.4. The van der Waals surface area contributed by atoms with Crippen molar-refractivity contribution < 1.29 is 176 Å². The van der Waals surface area contributed by atoms with Crippen LogP contribution in [0.25, 0.3) is 0 Å². The van der Waals surface area contributed by atoms with Crippen molar-refractivity contribution in [2.75, 3.05) is 165 Å². The molecule has 0 aliphatic carbocycles. The number of carbonyl (C=O) groups is 16. The quantitative estimate of drug-likeness (QED) is 0.0238. The second-order valence-electron chi connectivity index (χ2n) is 27.6. The Bertz CT molecular complexity index is 3340. The maximum Gasteiger partial charge on any atom is 0.333 e. The summed E-state index contributed by atoms with van der Waals surface area (Å²) in [6.07, 6.45) is 15.4. The number of hydrogen-bond acceptors (Lipinski definition) is 37. The van der Waals surface area contributed by atoms with Crippen molar-refractivity contribution in [3.8, 4) is 0 Å². The molecule has 0 aromatic heterocycles. The molecule has 0 fully saturated rings. The molecular weight excluding hydrogens is 1680 g/mol. The predicted octanol–water partition coefficient (Wildman–Crippen LogP) is 8.57. The highest BCUT2D eigenvalue weighted by atomic mass is 16.6. The van der Waals surface area contributed by atoms with E-state index in [1.165, 1.54) is 20.8 Å². The van der Waals surface area contributed by atoms with Crippen molar-refractivity contribution in [2.24, 2.45) is 27.1 Å². The highest BCUT2D eigenvalue weighted by molar-refractivity contribution is 5.89. The van der Waals surface area contributed by atoms with Crippen LogP contribution >= 0.6 is 0 Å². The fourth-order valence-corrected chi connectivity index (χ4v) is 8.52. The zero-order chi connectivity index (χ0) is 98.0. The van der Waals surface area contributed by atoms with Gasteiger partial charge >= 0.3 is 95.5 Å². The molecule has 0 saturated carbocycles. The van der Waals surface area contributed by atoms with Gasteiger partial charge in [-0.25, -0.2) is 76.7 Å². The summed E-state index contributed by atoms with van der Waals surface area (Å²) in [7, 11) is 0. The average Bonchev–Trinajstić information content (AvgIpc) is 0.832. The third-order valence-corrected chi connectivity index (χ3v) is 16.7. The van der Waals surface area contributed by atoms with Crippen LogP contribution in [-0.4, -0.2) is 267 Å². The first-order valence-electron chi connectivity index (χ1n) is 39.4. The molecule has 128 heavy (non-hydrogen) atoms. The van der Waals surface area contributed by atoms with Crippen LogP contribution in [0, 0.1) is 27.1 Å². The SMILES string of the molecule is C=C(C)C(=O)OCC(CC)(COC(=O)C(=C)C)COC(=O)C(=C)C.C=CC(=O)OCC(CC)(COCC(CC)(COC(=O)C=C)COC(=O)C=C)COC(=O)C=C.C=CC(=O)OCC(COCC(COC(=O)C=C)(COC(=O)C=C)COC(=O)C=C)(COC(=O)C=C)COC(=O)C=C.C=CC(=O)OCCCOCC(COCCCOC(=O)C=C)OCCCOC(=O)C=C. The molecule has 712 valence electrons. The molecule has 0 aliphatic rings. The molecule has 0 saturated heterocycles. The summed E-state index contributed by atoms with van der Waals surface area (Å²) in [5.41, 5.74) is -4.81. The molecule has 0 aromatic rings. The van der Waals surface area contributed by atoms with E-state index in [0.717, 1.165) is 79.0 Å². The lowest BCUT2D eigenvalue weighted by Crippen LogP contribution is -2.47. The van der Waals surface area contributed by atoms with Crippen LogP contribution in [0.5, 0.6) is 0 Å². The summed E-state index contributed by atoms with van der Waals surface area (Å²) in [6, 6.07) is 0. The predicted molar refractivity (Wildman–Crippen MR) is 462 cm³/mol. The molecule has 0 aromatic carbocycles. The summed E-state index contributed by atoms with van der Waals surface area (Å²) in [5, 5.41) is 0. The minimum Gasteiger partial charge on any atom is -0.462 e. The Morgan fingerprint density at radius 1 is 0.219 bits per heavy atom. The third kappa shape index (κ3) is 59.9. The van der Waals surface area contributed by atoms with Gasteiger partial charge in [0, 0.05) is 128 Å². The Morgan fingerprint density at radius 3 is 0.570 bits per heavy atom. The largest absolute Gasteiger partial charge is 0.462 e. The first-order chi connectivity index (χ1) is 60.7. The molecule has 0 amide bonds. The zero-order valence-corrected chi connectivity index (χ0v) is 74.4. The van der Waals surface area contributed by atoms with Gasteiger partial charge < -0.3 is 99.5 Å². The maximum absolute atomic E-state index is 11.8. The lowest BCUT2D eigenvalue weighted by atomic mass is 9.86. The number of esters is 16. The summed E-state index contributed by atoms with van der Waals surface area (Å²) in [5.74, 6) is -10.6. The molecule has 0 bridgehead atoms. The van der Waals surface area contributed by atoms with Gasteiger partial charge in [-0.2, -0.15) is 0 Å². The van der Waals surface area contributed by atoms with Crippen LogP contribution in [-0.2, 0) is 176 Å². The topological polar surface area (TPSA) is 467 Å². The van der Waals surface area contributed by atoms with Crippen LogP contribution in [0.15, 0.2) is 201 Å². The molecule has 0 heterocycles. The van der Waals surface area contributed by atoms with E-state index in [9.17, 15) is 76.7 Å². The minimum atomic E-state index is -1.49. The van der Waals surface area contributed by atoms with Gasteiger partial charge in [0.15, 0.2) is 0 Å². The number of carbonyl (C=O) groups excluding carboxylic acids is 16. The smallest absolute Gasteiger partial charge is 0.333 e. The molecule has 37 nitrogen and oxygen atoms in total. The van der Waals surface area contributed by atoms with Crippen LogP contribution in [0.1, 0.15) is 80.1 Å². The van der Waals surface area contributed by atoms with E-state index in [-0.39, 0.29) is 115 Å². The second kappa shape index (κ2) is 72.3. The summed E-state index contributed by atoms with van der Waals surface area (Å²) < 4.78 is 110. The average molecular weight is 1810 g/mol. The van der Waals surface area contributed by atoms with Crippen molar-refractivity contribution in [3.63, 3.8) is 0 Å². The van der Waals surface area contributed by atoms with Crippen molar-refractivity contribution in [3.05, 3.63) is 201 Å². The van der Waals surface area contributed by atoms with E-state index >= 15 is 0 Å². The molecule has 0 rings (SSSR count). The Kier molecular flexibility index (Phi) is 68.6. The Morgan fingerprint density at radius 2 is 0.383 bits per heavy atom. The molecule has 37 heteroatoms. The molecule has 0 unspecified atom stereocenters. The van der Waals surface area contributed by atoms with E-state index < -0.39 is 175 Å². The Labute approximate surface area is 748 Å². The third-order valence-electron chi connectivity index (χ3n) is 16.7. The molecule has 0 spiro atoms. The van der Waals surface area contributed by atoms with E-state index in [4.69, 9.17) is 99.5 Å². The maximum atomic E-state index is 11.8. The number of rotatable bonds is 70. The molecule has 0 aliphatic heterocycles. The van der Waals surface area contributed by atoms with Crippen LogP contribution in [0.2, 0.25) is 0 Å². The molecule has 0 N–H and O–H groups in total. The Hall–Kier alpha value is -12.8. The van der Waals surface area contributed by atoms with Crippen LogP contribution in [0.4, 0.5) is 0 Å². The standard InChI is InChI=1S/C28H34O13.C24H34O9.C21H32O9.C18H26O6/c1-7-21(29)36-15-27(16-37-22(30)8-2,17-38-23(31)9-3)13-35-14-28(18-39-24(32)10-4,19-40-25(33)11-5)20-41-26(34)12-6;1-7-19(25)30-15-23(11-5,16-31-20(26)8-2)13-29-14-24(12-6,17-32-21(27)9-3)18-33-22(28)10-4;1-4-19(22)28-13-7-10-25-16-18(27-12-9-15-30-21(24)6-3)17-26-11-8-14-29-20(23)5-2;1-8-18(9-22-15(19)12(2)3,10-23-16(20)13(4)5)11-24-17(21)14(6)7/h7-12H,1-6,13-20H2;7-10H,1-4,11-18H2,5-6H3;4-6,18H,1-3,7-17H2;2,4,6,8-11H2,1,3,5,7H3. The summed E-state index contributed by atoms with van der Waals surface area (Å²) in [6.45, 7) is 62.0. The molecule has 0 atom stereocenters.